The van der Waals surface area contributed by atoms with Crippen LogP contribution in [-0.4, -0.2) is 11.5 Å². The number of aromatic nitrogens is 1. The van der Waals surface area contributed by atoms with Gasteiger partial charge in [0.1, 0.15) is 10.8 Å². The Labute approximate surface area is 117 Å². The number of benzene rings is 1. The van der Waals surface area contributed by atoms with Gasteiger partial charge in [-0.25, -0.2) is 9.37 Å². The van der Waals surface area contributed by atoms with Gasteiger partial charge < -0.3 is 5.32 Å². The van der Waals surface area contributed by atoms with Crippen LogP contribution in [0.15, 0.2) is 52.5 Å². The fourth-order valence-corrected chi connectivity index (χ4v) is 2.40. The SMILES string of the molecule is CCCNCc1ccc(Sc2ccccc2F)nc1. The molecule has 0 bridgehead atoms. The van der Waals surface area contributed by atoms with Gasteiger partial charge in [-0.05, 0) is 36.7 Å². The maximum atomic E-state index is 13.5. The van der Waals surface area contributed by atoms with Gasteiger partial charge in [0.25, 0.3) is 0 Å². The highest BCUT2D eigenvalue weighted by Crippen LogP contribution is 2.27. The van der Waals surface area contributed by atoms with Gasteiger partial charge in [-0.15, -0.1) is 0 Å². The van der Waals surface area contributed by atoms with Gasteiger partial charge in [0, 0.05) is 17.6 Å². The molecule has 2 aromatic rings. The summed E-state index contributed by atoms with van der Waals surface area (Å²) in [5.74, 6) is -0.206. The Kier molecular flexibility index (Phi) is 5.36. The zero-order valence-electron chi connectivity index (χ0n) is 10.9. The number of hydrogen-bond donors (Lipinski definition) is 1. The molecule has 4 heteroatoms. The van der Waals surface area contributed by atoms with Crippen molar-refractivity contribution in [1.29, 1.82) is 0 Å². The molecule has 0 radical (unpaired) electrons. The van der Waals surface area contributed by atoms with Crippen molar-refractivity contribution in [2.24, 2.45) is 0 Å². The molecule has 0 amide bonds. The highest BCUT2D eigenvalue weighted by atomic mass is 32.2. The number of halogens is 1. The highest BCUT2D eigenvalue weighted by molar-refractivity contribution is 7.99. The summed E-state index contributed by atoms with van der Waals surface area (Å²) < 4.78 is 13.5. The average Bonchev–Trinajstić information content (AvgIpc) is 2.44. The molecule has 0 aliphatic rings. The molecule has 0 aliphatic carbocycles. The standard InChI is InChI=1S/C15H17FN2S/c1-2-9-17-10-12-7-8-15(18-11-12)19-14-6-4-3-5-13(14)16/h3-8,11,17H,2,9-10H2,1H3. The molecule has 0 unspecified atom stereocenters. The Morgan fingerprint density at radius 3 is 2.74 bits per heavy atom. The lowest BCUT2D eigenvalue weighted by molar-refractivity contribution is 0.602. The maximum absolute atomic E-state index is 13.5. The number of nitrogens with one attached hydrogen (secondary N) is 1. The summed E-state index contributed by atoms with van der Waals surface area (Å²) in [5.41, 5.74) is 1.14. The fourth-order valence-electron chi connectivity index (χ4n) is 1.63. The van der Waals surface area contributed by atoms with E-state index in [1.165, 1.54) is 17.8 Å². The normalized spacial score (nSPS) is 10.6. The first kappa shape index (κ1) is 14.0. The minimum Gasteiger partial charge on any atom is -0.313 e. The van der Waals surface area contributed by atoms with Crippen LogP contribution >= 0.6 is 11.8 Å². The van der Waals surface area contributed by atoms with Crippen LogP contribution < -0.4 is 5.32 Å². The van der Waals surface area contributed by atoms with Crippen LogP contribution in [0.4, 0.5) is 4.39 Å². The third-order valence-corrected chi connectivity index (χ3v) is 3.61. The van der Waals surface area contributed by atoms with Crippen molar-refractivity contribution in [3.05, 3.63) is 54.0 Å². The van der Waals surface area contributed by atoms with Crippen molar-refractivity contribution in [2.75, 3.05) is 6.54 Å². The molecule has 1 aromatic carbocycles. The van der Waals surface area contributed by atoms with Crippen LogP contribution in [0.3, 0.4) is 0 Å². The van der Waals surface area contributed by atoms with Crippen molar-refractivity contribution < 1.29 is 4.39 Å². The summed E-state index contributed by atoms with van der Waals surface area (Å²) in [5, 5.41) is 4.13. The lowest BCUT2D eigenvalue weighted by Gasteiger charge is -2.05. The molecule has 19 heavy (non-hydrogen) atoms. The number of pyridine rings is 1. The molecular weight excluding hydrogens is 259 g/mol. The number of rotatable bonds is 6. The van der Waals surface area contributed by atoms with E-state index in [0.717, 1.165) is 30.1 Å². The molecule has 0 spiro atoms. The van der Waals surface area contributed by atoms with Crippen molar-refractivity contribution >= 4 is 11.8 Å². The van der Waals surface area contributed by atoms with Crippen LogP contribution in [0.25, 0.3) is 0 Å². The largest absolute Gasteiger partial charge is 0.313 e. The van der Waals surface area contributed by atoms with Crippen molar-refractivity contribution in [3.8, 4) is 0 Å². The second-order valence-electron chi connectivity index (χ2n) is 4.21. The molecule has 0 atom stereocenters. The minimum absolute atomic E-state index is 0.206. The summed E-state index contributed by atoms with van der Waals surface area (Å²) >= 11 is 1.34. The third kappa shape index (κ3) is 4.33. The molecule has 2 nitrogen and oxygen atoms in total. The average molecular weight is 276 g/mol. The molecule has 0 saturated heterocycles. The zero-order chi connectivity index (χ0) is 13.5. The fraction of sp³-hybridized carbons (Fsp3) is 0.267. The van der Waals surface area contributed by atoms with Gasteiger partial charge in [0.05, 0.1) is 0 Å². The Balaban J connectivity index is 1.97. The van der Waals surface area contributed by atoms with Gasteiger partial charge in [0.15, 0.2) is 0 Å². The monoisotopic (exact) mass is 276 g/mol. The summed E-state index contributed by atoms with van der Waals surface area (Å²) in [6, 6.07) is 10.7. The Morgan fingerprint density at radius 2 is 2.05 bits per heavy atom. The van der Waals surface area contributed by atoms with Crippen LogP contribution in [0.1, 0.15) is 18.9 Å². The Bertz CT molecular complexity index is 514. The molecule has 1 N–H and O–H groups in total. The third-order valence-electron chi connectivity index (χ3n) is 2.60. The van der Waals surface area contributed by atoms with E-state index in [9.17, 15) is 4.39 Å². The van der Waals surface area contributed by atoms with Crippen LogP contribution in [0, 0.1) is 5.82 Å². The van der Waals surface area contributed by atoms with Crippen LogP contribution in [0.5, 0.6) is 0 Å². The van der Waals surface area contributed by atoms with Gasteiger partial charge in [-0.3, -0.25) is 0 Å². The predicted octanol–water partition coefficient (Wildman–Crippen LogP) is 3.87. The summed E-state index contributed by atoms with van der Waals surface area (Å²) in [4.78, 5) is 4.95. The minimum atomic E-state index is -0.206. The quantitative estimate of drug-likeness (QED) is 0.811. The lowest BCUT2D eigenvalue weighted by atomic mass is 10.3. The highest BCUT2D eigenvalue weighted by Gasteiger charge is 2.04. The second kappa shape index (κ2) is 7.26. The lowest BCUT2D eigenvalue weighted by Crippen LogP contribution is -2.13. The van der Waals surface area contributed by atoms with E-state index in [-0.39, 0.29) is 5.82 Å². The van der Waals surface area contributed by atoms with Gasteiger partial charge >= 0.3 is 0 Å². The molecule has 0 saturated carbocycles. The number of hydrogen-bond acceptors (Lipinski definition) is 3. The molecule has 1 aromatic heterocycles. The summed E-state index contributed by atoms with van der Waals surface area (Å²) in [6.07, 6.45) is 2.96. The summed E-state index contributed by atoms with van der Waals surface area (Å²) in [6.45, 7) is 3.97. The maximum Gasteiger partial charge on any atom is 0.137 e. The van der Waals surface area contributed by atoms with Crippen LogP contribution in [0.2, 0.25) is 0 Å². The van der Waals surface area contributed by atoms with E-state index in [0.29, 0.717) is 4.90 Å². The molecular formula is C15H17FN2S. The molecule has 1 heterocycles. The predicted molar refractivity (Wildman–Crippen MR) is 76.8 cm³/mol. The van der Waals surface area contributed by atoms with E-state index < -0.39 is 0 Å². The van der Waals surface area contributed by atoms with E-state index in [4.69, 9.17) is 0 Å². The molecule has 0 fully saturated rings. The Hall–Kier alpha value is -1.39. The zero-order valence-corrected chi connectivity index (χ0v) is 11.7. The first-order valence-electron chi connectivity index (χ1n) is 6.37. The van der Waals surface area contributed by atoms with Gasteiger partial charge in [0.2, 0.25) is 0 Å². The van der Waals surface area contributed by atoms with Crippen molar-refractivity contribution in [2.45, 2.75) is 29.8 Å². The molecule has 0 aliphatic heterocycles. The van der Waals surface area contributed by atoms with Crippen molar-refractivity contribution in [3.63, 3.8) is 0 Å². The first-order valence-corrected chi connectivity index (χ1v) is 7.19. The number of nitrogens with zero attached hydrogens (tertiary/aromatic N) is 1. The van der Waals surface area contributed by atoms with Crippen LogP contribution in [-0.2, 0) is 6.54 Å². The summed E-state index contributed by atoms with van der Waals surface area (Å²) in [7, 11) is 0. The van der Waals surface area contributed by atoms with E-state index in [2.05, 4.69) is 17.2 Å². The van der Waals surface area contributed by atoms with E-state index in [1.807, 2.05) is 24.4 Å². The smallest absolute Gasteiger partial charge is 0.137 e. The molecule has 2 rings (SSSR count). The van der Waals surface area contributed by atoms with Gasteiger partial charge in [-0.2, -0.15) is 0 Å². The second-order valence-corrected chi connectivity index (χ2v) is 5.28. The van der Waals surface area contributed by atoms with E-state index >= 15 is 0 Å². The van der Waals surface area contributed by atoms with E-state index in [1.54, 1.807) is 12.1 Å². The van der Waals surface area contributed by atoms with Gasteiger partial charge in [-0.1, -0.05) is 36.9 Å². The first-order chi connectivity index (χ1) is 9.29. The Morgan fingerprint density at radius 1 is 1.21 bits per heavy atom. The molecule has 100 valence electrons. The topological polar surface area (TPSA) is 24.9 Å². The van der Waals surface area contributed by atoms with Crippen molar-refractivity contribution in [1.82, 2.24) is 10.3 Å².